The SMILES string of the molecule is CC1(C(=O)NCC2(CO)CC2)CCCO1. The number of amides is 1. The maximum absolute atomic E-state index is 11.8. The molecule has 4 nitrogen and oxygen atoms in total. The molecule has 15 heavy (non-hydrogen) atoms. The summed E-state index contributed by atoms with van der Waals surface area (Å²) in [6.07, 6.45) is 3.78. The van der Waals surface area contributed by atoms with E-state index >= 15 is 0 Å². The van der Waals surface area contributed by atoms with Crippen molar-refractivity contribution in [3.8, 4) is 0 Å². The van der Waals surface area contributed by atoms with Gasteiger partial charge in [-0.15, -0.1) is 0 Å². The van der Waals surface area contributed by atoms with Crippen LogP contribution in [0.5, 0.6) is 0 Å². The molecule has 2 aliphatic rings. The van der Waals surface area contributed by atoms with E-state index in [9.17, 15) is 4.79 Å². The van der Waals surface area contributed by atoms with E-state index in [1.807, 2.05) is 6.92 Å². The molecule has 2 rings (SSSR count). The molecule has 2 N–H and O–H groups in total. The first-order valence-electron chi connectivity index (χ1n) is 5.63. The molecule has 1 saturated heterocycles. The Kier molecular flexibility index (Phi) is 2.73. The molecule has 0 bridgehead atoms. The van der Waals surface area contributed by atoms with Crippen LogP contribution in [0.1, 0.15) is 32.6 Å². The number of hydrogen-bond donors (Lipinski definition) is 2. The summed E-state index contributed by atoms with van der Waals surface area (Å²) in [6.45, 7) is 3.27. The Morgan fingerprint density at radius 2 is 2.20 bits per heavy atom. The quantitative estimate of drug-likeness (QED) is 0.712. The van der Waals surface area contributed by atoms with Gasteiger partial charge in [0.15, 0.2) is 0 Å². The van der Waals surface area contributed by atoms with Gasteiger partial charge in [0.1, 0.15) is 5.60 Å². The number of ether oxygens (including phenoxy) is 1. The van der Waals surface area contributed by atoms with Crippen LogP contribution in [0.25, 0.3) is 0 Å². The largest absolute Gasteiger partial charge is 0.396 e. The summed E-state index contributed by atoms with van der Waals surface area (Å²) in [4.78, 5) is 11.8. The number of rotatable bonds is 4. The van der Waals surface area contributed by atoms with Crippen LogP contribution in [0.2, 0.25) is 0 Å². The number of nitrogens with one attached hydrogen (secondary N) is 1. The summed E-state index contributed by atoms with van der Waals surface area (Å²) < 4.78 is 5.45. The molecule has 0 aromatic carbocycles. The van der Waals surface area contributed by atoms with Crippen molar-refractivity contribution in [1.82, 2.24) is 5.32 Å². The summed E-state index contributed by atoms with van der Waals surface area (Å²) in [6, 6.07) is 0. The van der Waals surface area contributed by atoms with Gasteiger partial charge in [-0.1, -0.05) is 0 Å². The van der Waals surface area contributed by atoms with Gasteiger partial charge in [0.2, 0.25) is 0 Å². The maximum Gasteiger partial charge on any atom is 0.251 e. The highest BCUT2D eigenvalue weighted by molar-refractivity contribution is 5.85. The van der Waals surface area contributed by atoms with E-state index in [0.29, 0.717) is 13.2 Å². The minimum atomic E-state index is -0.633. The van der Waals surface area contributed by atoms with Gasteiger partial charge in [-0.2, -0.15) is 0 Å². The van der Waals surface area contributed by atoms with Crippen LogP contribution in [0.4, 0.5) is 0 Å². The monoisotopic (exact) mass is 213 g/mol. The highest BCUT2D eigenvalue weighted by Gasteiger charge is 2.44. The second-order valence-electron chi connectivity index (χ2n) is 5.02. The summed E-state index contributed by atoms with van der Waals surface area (Å²) in [5.41, 5.74) is -0.657. The van der Waals surface area contributed by atoms with Crippen LogP contribution >= 0.6 is 0 Å². The Hall–Kier alpha value is -0.610. The first kappa shape index (κ1) is 10.9. The average molecular weight is 213 g/mol. The van der Waals surface area contributed by atoms with Crippen molar-refractivity contribution in [3.05, 3.63) is 0 Å². The number of carbonyl (C=O) groups excluding carboxylic acids is 1. The number of carbonyl (C=O) groups is 1. The molecular weight excluding hydrogens is 194 g/mol. The third-order valence-corrected chi connectivity index (χ3v) is 3.62. The van der Waals surface area contributed by atoms with Crippen LogP contribution in [0.15, 0.2) is 0 Å². The lowest BCUT2D eigenvalue weighted by atomic mass is 10.0. The maximum atomic E-state index is 11.8. The molecule has 1 heterocycles. The summed E-state index contributed by atoms with van der Waals surface area (Å²) in [5, 5.41) is 12.0. The highest BCUT2D eigenvalue weighted by atomic mass is 16.5. The molecule has 2 fully saturated rings. The summed E-state index contributed by atoms with van der Waals surface area (Å²) >= 11 is 0. The van der Waals surface area contributed by atoms with E-state index in [2.05, 4.69) is 5.32 Å². The standard InChI is InChI=1S/C11H19NO3/c1-10(3-2-6-15-10)9(14)12-7-11(8-13)4-5-11/h13H,2-8H2,1H3,(H,12,14). The second-order valence-corrected chi connectivity index (χ2v) is 5.02. The van der Waals surface area contributed by atoms with E-state index in [4.69, 9.17) is 9.84 Å². The number of aliphatic hydroxyl groups is 1. The van der Waals surface area contributed by atoms with Crippen molar-refractivity contribution in [3.63, 3.8) is 0 Å². The molecule has 1 aliphatic carbocycles. The van der Waals surface area contributed by atoms with Crippen LogP contribution in [0.3, 0.4) is 0 Å². The number of hydrogen-bond acceptors (Lipinski definition) is 3. The zero-order chi connectivity index (χ0) is 10.9. The van der Waals surface area contributed by atoms with Gasteiger partial charge in [0.25, 0.3) is 5.91 Å². The third-order valence-electron chi connectivity index (χ3n) is 3.62. The Labute approximate surface area is 90.0 Å². The fourth-order valence-electron chi connectivity index (χ4n) is 1.98. The van der Waals surface area contributed by atoms with Crippen molar-refractivity contribution in [2.45, 2.75) is 38.2 Å². The molecule has 1 amide bonds. The molecule has 4 heteroatoms. The topological polar surface area (TPSA) is 58.6 Å². The lowest BCUT2D eigenvalue weighted by Crippen LogP contribution is -2.46. The molecule has 86 valence electrons. The van der Waals surface area contributed by atoms with E-state index in [1.54, 1.807) is 0 Å². The van der Waals surface area contributed by atoms with Crippen molar-refractivity contribution >= 4 is 5.91 Å². The van der Waals surface area contributed by atoms with Gasteiger partial charge < -0.3 is 15.2 Å². The van der Waals surface area contributed by atoms with Gasteiger partial charge in [-0.25, -0.2) is 0 Å². The van der Waals surface area contributed by atoms with E-state index < -0.39 is 5.60 Å². The Morgan fingerprint density at radius 1 is 1.47 bits per heavy atom. The minimum Gasteiger partial charge on any atom is -0.396 e. The van der Waals surface area contributed by atoms with Gasteiger partial charge in [0, 0.05) is 18.6 Å². The Bertz CT molecular complexity index is 255. The van der Waals surface area contributed by atoms with Crippen molar-refractivity contribution in [1.29, 1.82) is 0 Å². The molecular formula is C11H19NO3. The Morgan fingerprint density at radius 3 is 2.67 bits per heavy atom. The van der Waals surface area contributed by atoms with Gasteiger partial charge in [-0.3, -0.25) is 4.79 Å². The summed E-state index contributed by atoms with van der Waals surface area (Å²) in [5.74, 6) is -0.0280. The normalized spacial score (nSPS) is 32.7. The summed E-state index contributed by atoms with van der Waals surface area (Å²) in [7, 11) is 0. The predicted octanol–water partition coefficient (Wildman–Crippen LogP) is 0.444. The third kappa shape index (κ3) is 2.16. The van der Waals surface area contributed by atoms with Crippen LogP contribution in [0, 0.1) is 5.41 Å². The van der Waals surface area contributed by atoms with Gasteiger partial charge in [-0.05, 0) is 32.6 Å². The molecule has 0 aromatic rings. The van der Waals surface area contributed by atoms with E-state index in [-0.39, 0.29) is 17.9 Å². The zero-order valence-electron chi connectivity index (χ0n) is 9.21. The van der Waals surface area contributed by atoms with Crippen LogP contribution < -0.4 is 5.32 Å². The smallest absolute Gasteiger partial charge is 0.251 e. The molecule has 0 spiro atoms. The molecule has 1 unspecified atom stereocenters. The molecule has 1 aliphatic heterocycles. The van der Waals surface area contributed by atoms with Crippen molar-refractivity contribution in [2.24, 2.45) is 5.41 Å². The van der Waals surface area contributed by atoms with E-state index in [1.165, 1.54) is 0 Å². The average Bonchev–Trinajstić information content (AvgIpc) is 2.90. The van der Waals surface area contributed by atoms with Gasteiger partial charge in [0.05, 0.1) is 6.61 Å². The molecule has 1 atom stereocenters. The van der Waals surface area contributed by atoms with E-state index in [0.717, 1.165) is 25.7 Å². The van der Waals surface area contributed by atoms with Crippen molar-refractivity contribution in [2.75, 3.05) is 19.8 Å². The second kappa shape index (κ2) is 3.76. The fourth-order valence-corrected chi connectivity index (χ4v) is 1.98. The lowest BCUT2D eigenvalue weighted by molar-refractivity contribution is -0.139. The number of aliphatic hydroxyl groups excluding tert-OH is 1. The van der Waals surface area contributed by atoms with Crippen LogP contribution in [-0.2, 0) is 9.53 Å². The van der Waals surface area contributed by atoms with Crippen molar-refractivity contribution < 1.29 is 14.6 Å². The fraction of sp³-hybridized carbons (Fsp3) is 0.909. The first-order chi connectivity index (χ1) is 7.10. The molecule has 0 radical (unpaired) electrons. The predicted molar refractivity (Wildman–Crippen MR) is 55.4 cm³/mol. The lowest BCUT2D eigenvalue weighted by Gasteiger charge is -2.23. The van der Waals surface area contributed by atoms with Crippen LogP contribution in [-0.4, -0.2) is 36.4 Å². The highest BCUT2D eigenvalue weighted by Crippen LogP contribution is 2.44. The first-order valence-corrected chi connectivity index (χ1v) is 5.63. The molecule has 0 aromatic heterocycles. The zero-order valence-corrected chi connectivity index (χ0v) is 9.21. The minimum absolute atomic E-state index is 0.0232. The molecule has 1 saturated carbocycles. The van der Waals surface area contributed by atoms with Gasteiger partial charge >= 0.3 is 0 Å². The Balaban J connectivity index is 1.82.